The molecule has 0 saturated heterocycles. The molecule has 0 aliphatic carbocycles. The van der Waals surface area contributed by atoms with Gasteiger partial charge in [-0.2, -0.15) is 0 Å². The van der Waals surface area contributed by atoms with E-state index in [1.807, 2.05) is 0 Å². The molecule has 0 aliphatic heterocycles. The standard InChI is InChI=1S/C8H18SeSi2/c1-10(2,3)8-7-9-11(4,5)6/h1-6H3. The summed E-state index contributed by atoms with van der Waals surface area (Å²) in [6.07, 6.45) is 0. The Hall–Kier alpha value is 0.513. The van der Waals surface area contributed by atoms with Crippen molar-refractivity contribution in [2.45, 2.75) is 39.3 Å². The van der Waals surface area contributed by atoms with Crippen molar-refractivity contribution in [3.05, 3.63) is 0 Å². The van der Waals surface area contributed by atoms with Crippen molar-refractivity contribution in [1.29, 1.82) is 0 Å². The van der Waals surface area contributed by atoms with Crippen LogP contribution in [0.5, 0.6) is 0 Å². The van der Waals surface area contributed by atoms with Crippen molar-refractivity contribution >= 4 is 29.1 Å². The van der Waals surface area contributed by atoms with E-state index in [-0.39, 0.29) is 0 Å². The first kappa shape index (κ1) is 11.5. The van der Waals surface area contributed by atoms with Crippen LogP contribution in [-0.2, 0) is 0 Å². The van der Waals surface area contributed by atoms with E-state index in [2.05, 4.69) is 49.6 Å². The van der Waals surface area contributed by atoms with Gasteiger partial charge in [0, 0.05) is 0 Å². The normalized spacial score (nSPS) is 12.2. The molecule has 0 aromatic carbocycles. The zero-order valence-electron chi connectivity index (χ0n) is 8.41. The predicted octanol–water partition coefficient (Wildman–Crippen LogP) is 2.36. The fraction of sp³-hybridized carbons (Fsp3) is 0.750. The van der Waals surface area contributed by atoms with Gasteiger partial charge in [-0.1, -0.05) is 0 Å². The molecular weight excluding hydrogens is 231 g/mol. The van der Waals surface area contributed by atoms with Gasteiger partial charge in [0.05, 0.1) is 0 Å². The van der Waals surface area contributed by atoms with Gasteiger partial charge >= 0.3 is 78.7 Å². The van der Waals surface area contributed by atoms with E-state index in [4.69, 9.17) is 0 Å². The van der Waals surface area contributed by atoms with E-state index >= 15 is 0 Å². The molecule has 0 radical (unpaired) electrons. The van der Waals surface area contributed by atoms with Gasteiger partial charge in [-0.15, -0.1) is 0 Å². The Morgan fingerprint density at radius 2 is 1.36 bits per heavy atom. The second-order valence-electron chi connectivity index (χ2n) is 4.69. The third kappa shape index (κ3) is 10.5. The molecule has 0 rings (SSSR count). The van der Waals surface area contributed by atoms with Crippen molar-refractivity contribution < 1.29 is 0 Å². The minimum atomic E-state index is -1.08. The Kier molecular flexibility index (Phi) is 4.14. The molecule has 0 N–H and O–H groups in total. The zero-order chi connectivity index (χ0) is 9.12. The van der Waals surface area contributed by atoms with E-state index in [0.29, 0.717) is 14.3 Å². The van der Waals surface area contributed by atoms with E-state index < -0.39 is 14.8 Å². The van der Waals surface area contributed by atoms with Crippen LogP contribution in [0.3, 0.4) is 0 Å². The summed E-state index contributed by atoms with van der Waals surface area (Å²) in [5.74, 6) is 0. The van der Waals surface area contributed by atoms with Gasteiger partial charge in [0.2, 0.25) is 0 Å². The summed E-state index contributed by atoms with van der Waals surface area (Å²) in [5, 5.41) is 0. The summed E-state index contributed by atoms with van der Waals surface area (Å²) < 4.78 is 0. The molecule has 0 spiro atoms. The van der Waals surface area contributed by atoms with Gasteiger partial charge in [0.25, 0.3) is 0 Å². The first-order chi connectivity index (χ1) is 4.71. The number of hydrogen-bond donors (Lipinski definition) is 0. The van der Waals surface area contributed by atoms with Crippen LogP contribution in [0.1, 0.15) is 0 Å². The third-order valence-corrected chi connectivity index (χ3v) is 7.49. The van der Waals surface area contributed by atoms with Crippen molar-refractivity contribution in [1.82, 2.24) is 0 Å². The molecule has 0 fully saturated rings. The van der Waals surface area contributed by atoms with Crippen LogP contribution in [-0.4, -0.2) is 29.1 Å². The van der Waals surface area contributed by atoms with Crippen molar-refractivity contribution in [2.24, 2.45) is 0 Å². The van der Waals surface area contributed by atoms with Gasteiger partial charge in [0.1, 0.15) is 0 Å². The van der Waals surface area contributed by atoms with Crippen LogP contribution < -0.4 is 0 Å². The van der Waals surface area contributed by atoms with E-state index in [1.165, 1.54) is 0 Å². The molecule has 0 heterocycles. The molecular formula is C8H18SeSi2. The average Bonchev–Trinajstić information content (AvgIpc) is 1.55. The summed E-state index contributed by atoms with van der Waals surface area (Å²) in [6.45, 7) is 13.3. The Bertz CT molecular complexity index is 175. The molecule has 0 saturated carbocycles. The summed E-state index contributed by atoms with van der Waals surface area (Å²) in [5.41, 5.74) is 3.43. The molecule has 0 nitrogen and oxygen atoms in total. The molecule has 3 heteroatoms. The Morgan fingerprint density at radius 3 is 1.64 bits per heavy atom. The second-order valence-corrected chi connectivity index (χ2v) is 23.3. The van der Waals surface area contributed by atoms with Crippen molar-refractivity contribution in [2.75, 3.05) is 0 Å². The van der Waals surface area contributed by atoms with E-state index in [1.54, 1.807) is 0 Å². The summed E-state index contributed by atoms with van der Waals surface area (Å²) in [7, 11) is -1.08. The molecule has 0 bridgehead atoms. The van der Waals surface area contributed by atoms with Crippen LogP contribution in [0, 0.1) is 10.4 Å². The topological polar surface area (TPSA) is 0 Å². The molecule has 0 unspecified atom stereocenters. The Morgan fingerprint density at radius 1 is 0.909 bits per heavy atom. The maximum atomic E-state index is 3.43. The fourth-order valence-electron chi connectivity index (χ4n) is 0.332. The summed E-state index contributed by atoms with van der Waals surface area (Å²) in [6, 6.07) is 0. The average molecular weight is 249 g/mol. The van der Waals surface area contributed by atoms with Crippen LogP contribution in [0.4, 0.5) is 0 Å². The molecule has 64 valence electrons. The Labute approximate surface area is 78.8 Å². The zero-order valence-corrected chi connectivity index (χ0v) is 12.1. The quantitative estimate of drug-likeness (QED) is 0.494. The van der Waals surface area contributed by atoms with E-state index in [0.717, 1.165) is 0 Å². The Balaban J connectivity index is 3.94. The van der Waals surface area contributed by atoms with Gasteiger partial charge in [0.15, 0.2) is 0 Å². The fourth-order valence-corrected chi connectivity index (χ4v) is 5.97. The molecule has 0 aromatic rings. The van der Waals surface area contributed by atoms with Crippen LogP contribution >= 0.6 is 0 Å². The number of rotatable bonds is 1. The first-order valence-electron chi connectivity index (χ1n) is 3.91. The van der Waals surface area contributed by atoms with Crippen molar-refractivity contribution in [3.63, 3.8) is 0 Å². The van der Waals surface area contributed by atoms with Gasteiger partial charge < -0.3 is 0 Å². The summed E-state index contributed by atoms with van der Waals surface area (Å²) >= 11 is 0.632. The van der Waals surface area contributed by atoms with Crippen molar-refractivity contribution in [3.8, 4) is 10.4 Å². The van der Waals surface area contributed by atoms with Gasteiger partial charge in [-0.05, 0) is 0 Å². The molecule has 0 amide bonds. The second kappa shape index (κ2) is 3.95. The summed E-state index contributed by atoms with van der Waals surface area (Å²) in [4.78, 5) is 3.40. The molecule has 0 atom stereocenters. The third-order valence-electron chi connectivity index (χ3n) is 0.783. The first-order valence-corrected chi connectivity index (χ1v) is 14.2. The minimum absolute atomic E-state index is 0.632. The SMILES string of the molecule is C[Si](C)(C)C#C[Se][Si](C)(C)C. The maximum absolute atomic E-state index is 3.43. The van der Waals surface area contributed by atoms with Crippen LogP contribution in [0.25, 0.3) is 0 Å². The predicted molar refractivity (Wildman–Crippen MR) is 60.2 cm³/mol. The van der Waals surface area contributed by atoms with Gasteiger partial charge in [-0.25, -0.2) is 0 Å². The van der Waals surface area contributed by atoms with E-state index in [9.17, 15) is 0 Å². The molecule has 11 heavy (non-hydrogen) atoms. The molecule has 0 aromatic heterocycles. The molecule has 0 aliphatic rings. The number of hydrogen-bond acceptors (Lipinski definition) is 0. The van der Waals surface area contributed by atoms with Gasteiger partial charge in [-0.3, -0.25) is 0 Å². The van der Waals surface area contributed by atoms with Crippen LogP contribution in [0.15, 0.2) is 0 Å². The van der Waals surface area contributed by atoms with Crippen LogP contribution in [0.2, 0.25) is 39.3 Å². The monoisotopic (exact) mass is 250 g/mol.